The molecule has 0 aromatic heterocycles. The Morgan fingerprint density at radius 1 is 1.19 bits per heavy atom. The van der Waals surface area contributed by atoms with Gasteiger partial charge in [0, 0.05) is 0 Å². The van der Waals surface area contributed by atoms with Crippen LogP contribution in [0.15, 0.2) is 66.3 Å². The van der Waals surface area contributed by atoms with Gasteiger partial charge in [0.25, 0.3) is 0 Å². The van der Waals surface area contributed by atoms with Crippen LogP contribution in [0, 0.1) is 11.3 Å². The Labute approximate surface area is 125 Å². The third-order valence-corrected chi connectivity index (χ3v) is 4.97. The minimum atomic E-state index is -0.402. The molecule has 0 saturated carbocycles. The second-order valence-electron chi connectivity index (χ2n) is 6.36. The van der Waals surface area contributed by atoms with Crippen LogP contribution in [-0.4, -0.2) is 5.78 Å². The van der Waals surface area contributed by atoms with Gasteiger partial charge in [-0.25, -0.2) is 0 Å². The van der Waals surface area contributed by atoms with E-state index < -0.39 is 5.41 Å². The standard InChI is InChI=1S/C20H18O/c1-20(18-11-10-15-7-4-5-9-17(15)18)13-14-6-2-3-8-16(12-14)19(20)21/h2-9,11-12,16H,10,13H2,1H3. The average Bonchev–Trinajstić information content (AvgIpc) is 2.82. The van der Waals surface area contributed by atoms with Crippen molar-refractivity contribution in [1.29, 1.82) is 0 Å². The fourth-order valence-electron chi connectivity index (χ4n) is 3.88. The van der Waals surface area contributed by atoms with Crippen molar-refractivity contribution in [3.63, 3.8) is 0 Å². The number of Topliss-reactive ketones (excluding diaryl/α,β-unsaturated/α-hetero) is 1. The maximum atomic E-state index is 13.0. The predicted molar refractivity (Wildman–Crippen MR) is 85.7 cm³/mol. The number of carbonyl (C=O) groups is 1. The highest BCUT2D eigenvalue weighted by molar-refractivity contribution is 6.03. The normalized spacial score (nSPS) is 29.8. The number of ketones is 1. The lowest BCUT2D eigenvalue weighted by Gasteiger charge is -2.36. The lowest BCUT2D eigenvalue weighted by molar-refractivity contribution is -0.127. The molecule has 1 aromatic rings. The van der Waals surface area contributed by atoms with Gasteiger partial charge in [0.2, 0.25) is 0 Å². The van der Waals surface area contributed by atoms with Gasteiger partial charge in [-0.05, 0) is 42.0 Å². The number of allylic oxidation sites excluding steroid dienone is 8. The predicted octanol–water partition coefficient (Wildman–Crippen LogP) is 4.27. The lowest BCUT2D eigenvalue weighted by Crippen LogP contribution is -2.36. The number of carbonyl (C=O) groups excluding carboxylic acids is 1. The van der Waals surface area contributed by atoms with Gasteiger partial charge in [-0.3, -0.25) is 4.79 Å². The molecule has 3 aliphatic carbocycles. The summed E-state index contributed by atoms with van der Waals surface area (Å²) in [5, 5.41) is 0. The Bertz CT molecular complexity index is 745. The van der Waals surface area contributed by atoms with E-state index >= 15 is 0 Å². The van der Waals surface area contributed by atoms with Gasteiger partial charge in [0.1, 0.15) is 0 Å². The minimum absolute atomic E-state index is 0.0811. The summed E-state index contributed by atoms with van der Waals surface area (Å²) in [5.41, 5.74) is 4.70. The molecule has 1 heteroatoms. The largest absolute Gasteiger partial charge is 0.298 e. The fourth-order valence-corrected chi connectivity index (χ4v) is 3.88. The molecule has 1 aromatic carbocycles. The first-order valence-corrected chi connectivity index (χ1v) is 7.57. The summed E-state index contributed by atoms with van der Waals surface area (Å²) in [5.74, 6) is 0.247. The molecule has 0 aliphatic heterocycles. The Kier molecular flexibility index (Phi) is 2.65. The molecule has 0 saturated heterocycles. The highest BCUT2D eigenvalue weighted by atomic mass is 16.1. The van der Waals surface area contributed by atoms with Crippen molar-refractivity contribution in [2.45, 2.75) is 19.8 Å². The second-order valence-corrected chi connectivity index (χ2v) is 6.36. The van der Waals surface area contributed by atoms with Gasteiger partial charge in [-0.2, -0.15) is 0 Å². The van der Waals surface area contributed by atoms with E-state index in [1.807, 2.05) is 18.2 Å². The van der Waals surface area contributed by atoms with Gasteiger partial charge in [-0.15, -0.1) is 0 Å². The fraction of sp³-hybridized carbons (Fsp3) is 0.250. The topological polar surface area (TPSA) is 17.1 Å². The van der Waals surface area contributed by atoms with Gasteiger partial charge in [0.05, 0.1) is 11.3 Å². The summed E-state index contributed by atoms with van der Waals surface area (Å²) in [6.07, 6.45) is 14.3. The van der Waals surface area contributed by atoms with Crippen molar-refractivity contribution in [1.82, 2.24) is 0 Å². The molecule has 2 unspecified atom stereocenters. The highest BCUT2D eigenvalue weighted by Crippen LogP contribution is 2.49. The molecular formula is C20H18O. The maximum absolute atomic E-state index is 13.0. The van der Waals surface area contributed by atoms with E-state index in [0.717, 1.165) is 12.8 Å². The third kappa shape index (κ3) is 1.80. The highest BCUT2D eigenvalue weighted by Gasteiger charge is 2.44. The van der Waals surface area contributed by atoms with Crippen molar-refractivity contribution >= 4 is 11.4 Å². The number of rotatable bonds is 1. The maximum Gasteiger partial charge on any atom is 0.154 e. The van der Waals surface area contributed by atoms with Crippen molar-refractivity contribution in [3.05, 3.63) is 77.4 Å². The molecule has 1 nitrogen and oxygen atoms in total. The minimum Gasteiger partial charge on any atom is -0.298 e. The number of fused-ring (bicyclic) bond motifs is 2. The molecule has 0 radical (unpaired) electrons. The van der Waals surface area contributed by atoms with Gasteiger partial charge < -0.3 is 0 Å². The van der Waals surface area contributed by atoms with Crippen molar-refractivity contribution < 1.29 is 4.79 Å². The molecule has 3 aliphatic rings. The summed E-state index contributed by atoms with van der Waals surface area (Å²) < 4.78 is 0. The van der Waals surface area contributed by atoms with Gasteiger partial charge >= 0.3 is 0 Å². The quantitative estimate of drug-likeness (QED) is 0.747. The van der Waals surface area contributed by atoms with Crippen LogP contribution in [0.2, 0.25) is 0 Å². The van der Waals surface area contributed by atoms with E-state index in [-0.39, 0.29) is 5.92 Å². The summed E-state index contributed by atoms with van der Waals surface area (Å²) >= 11 is 0. The van der Waals surface area contributed by atoms with E-state index in [0.29, 0.717) is 5.78 Å². The zero-order valence-corrected chi connectivity index (χ0v) is 12.2. The second kappa shape index (κ2) is 4.42. The first-order chi connectivity index (χ1) is 10.2. The van der Waals surface area contributed by atoms with Crippen molar-refractivity contribution in [2.24, 2.45) is 11.3 Å². The molecule has 0 N–H and O–H groups in total. The van der Waals surface area contributed by atoms with E-state index in [1.165, 1.54) is 22.3 Å². The van der Waals surface area contributed by atoms with E-state index in [1.54, 1.807) is 0 Å². The molecule has 2 bridgehead atoms. The van der Waals surface area contributed by atoms with Crippen LogP contribution < -0.4 is 0 Å². The molecule has 2 atom stereocenters. The van der Waals surface area contributed by atoms with Crippen LogP contribution >= 0.6 is 0 Å². The zero-order valence-electron chi connectivity index (χ0n) is 12.2. The summed E-state index contributed by atoms with van der Waals surface area (Å²) in [6, 6.07) is 8.47. The Morgan fingerprint density at radius 2 is 2.05 bits per heavy atom. The van der Waals surface area contributed by atoms with Gasteiger partial charge in [0.15, 0.2) is 5.78 Å². The Balaban J connectivity index is 1.82. The van der Waals surface area contributed by atoms with Crippen molar-refractivity contribution in [3.8, 4) is 0 Å². The number of benzene rings is 1. The van der Waals surface area contributed by atoms with Crippen LogP contribution in [0.25, 0.3) is 5.57 Å². The van der Waals surface area contributed by atoms with Crippen molar-refractivity contribution in [2.75, 3.05) is 0 Å². The van der Waals surface area contributed by atoms with E-state index in [2.05, 4.69) is 49.4 Å². The number of hydrogen-bond donors (Lipinski definition) is 0. The van der Waals surface area contributed by atoms with Crippen LogP contribution in [0.4, 0.5) is 0 Å². The van der Waals surface area contributed by atoms with Crippen LogP contribution in [0.5, 0.6) is 0 Å². The molecule has 0 amide bonds. The smallest absolute Gasteiger partial charge is 0.154 e. The first kappa shape index (κ1) is 12.6. The van der Waals surface area contributed by atoms with E-state index in [4.69, 9.17) is 0 Å². The Morgan fingerprint density at radius 3 is 2.95 bits per heavy atom. The summed E-state index contributed by atoms with van der Waals surface area (Å²) in [4.78, 5) is 13.0. The molecule has 0 heterocycles. The van der Waals surface area contributed by atoms with Crippen LogP contribution in [0.1, 0.15) is 24.5 Å². The number of hydrogen-bond acceptors (Lipinski definition) is 1. The van der Waals surface area contributed by atoms with Crippen LogP contribution in [-0.2, 0) is 11.2 Å². The molecule has 104 valence electrons. The lowest BCUT2D eigenvalue weighted by atomic mass is 9.65. The molecule has 21 heavy (non-hydrogen) atoms. The SMILES string of the molecule is CC1(C2=CCc3ccccc32)CC2=CC(C=CC=C2)C1=O. The van der Waals surface area contributed by atoms with E-state index in [9.17, 15) is 4.79 Å². The molecule has 4 rings (SSSR count). The molecular weight excluding hydrogens is 256 g/mol. The first-order valence-electron chi connectivity index (χ1n) is 7.57. The van der Waals surface area contributed by atoms with Gasteiger partial charge in [-0.1, -0.05) is 60.7 Å². The Hall–Kier alpha value is -2.15. The average molecular weight is 274 g/mol. The molecule has 0 spiro atoms. The zero-order chi connectivity index (χ0) is 14.4. The summed E-state index contributed by atoms with van der Waals surface area (Å²) in [6.45, 7) is 2.12. The monoisotopic (exact) mass is 274 g/mol. The van der Waals surface area contributed by atoms with Crippen LogP contribution in [0.3, 0.4) is 0 Å². The molecule has 0 fully saturated rings. The third-order valence-electron chi connectivity index (χ3n) is 4.97. The summed E-state index contributed by atoms with van der Waals surface area (Å²) in [7, 11) is 0.